The third-order valence-corrected chi connectivity index (χ3v) is 4.73. The van der Waals surface area contributed by atoms with E-state index in [1.54, 1.807) is 0 Å². The molecule has 1 aliphatic rings. The molecule has 2 aromatic carbocycles. The van der Waals surface area contributed by atoms with Crippen LogP contribution in [0, 0.1) is 6.92 Å². The number of morpholine rings is 1. The van der Waals surface area contributed by atoms with Crippen molar-refractivity contribution < 1.29 is 9.53 Å². The van der Waals surface area contributed by atoms with E-state index in [1.165, 1.54) is 11.1 Å². The van der Waals surface area contributed by atoms with Gasteiger partial charge in [-0.2, -0.15) is 0 Å². The molecule has 0 aromatic heterocycles. The summed E-state index contributed by atoms with van der Waals surface area (Å²) >= 11 is 0. The summed E-state index contributed by atoms with van der Waals surface area (Å²) in [5.41, 5.74) is 4.27. The van der Waals surface area contributed by atoms with Gasteiger partial charge in [-0.05, 0) is 42.7 Å². The molecule has 132 valence electrons. The first-order valence-electron chi connectivity index (χ1n) is 8.89. The van der Waals surface area contributed by atoms with Gasteiger partial charge in [0.1, 0.15) is 0 Å². The molecular formula is C21H26N2O2. The van der Waals surface area contributed by atoms with Crippen LogP contribution in [0.2, 0.25) is 0 Å². The zero-order valence-electron chi connectivity index (χ0n) is 15.0. The number of aryl methyl sites for hydroxylation is 1. The molecule has 0 aliphatic carbocycles. The normalized spacial score (nSPS) is 16.4. The van der Waals surface area contributed by atoms with Crippen molar-refractivity contribution in [3.05, 3.63) is 70.8 Å². The number of hydrogen-bond donors (Lipinski definition) is 1. The predicted molar refractivity (Wildman–Crippen MR) is 99.6 cm³/mol. The van der Waals surface area contributed by atoms with Crippen LogP contribution in [0.5, 0.6) is 0 Å². The maximum absolute atomic E-state index is 12.5. The Kier molecular flexibility index (Phi) is 5.84. The average molecular weight is 338 g/mol. The van der Waals surface area contributed by atoms with Gasteiger partial charge in [0.2, 0.25) is 0 Å². The minimum atomic E-state index is -0.0336. The van der Waals surface area contributed by atoms with Gasteiger partial charge in [-0.3, -0.25) is 9.69 Å². The Morgan fingerprint density at radius 2 is 1.80 bits per heavy atom. The number of nitrogens with zero attached hydrogens (tertiary/aromatic N) is 1. The van der Waals surface area contributed by atoms with Gasteiger partial charge >= 0.3 is 0 Å². The van der Waals surface area contributed by atoms with Gasteiger partial charge in [-0.25, -0.2) is 0 Å². The van der Waals surface area contributed by atoms with Crippen LogP contribution in [-0.4, -0.2) is 37.1 Å². The SMILES string of the molecule is Cc1ccccc1C(C)NC(=O)c1ccc(CN2CCOCC2)cc1. The molecular weight excluding hydrogens is 312 g/mol. The summed E-state index contributed by atoms with van der Waals surface area (Å²) in [6, 6.07) is 16.1. The van der Waals surface area contributed by atoms with E-state index in [1.807, 2.05) is 43.3 Å². The smallest absolute Gasteiger partial charge is 0.251 e. The van der Waals surface area contributed by atoms with E-state index >= 15 is 0 Å². The summed E-state index contributed by atoms with van der Waals surface area (Å²) in [4.78, 5) is 14.9. The van der Waals surface area contributed by atoms with Crippen LogP contribution < -0.4 is 5.32 Å². The number of nitrogens with one attached hydrogen (secondary N) is 1. The van der Waals surface area contributed by atoms with Crippen molar-refractivity contribution in [1.29, 1.82) is 0 Å². The molecule has 3 rings (SSSR count). The fraction of sp³-hybridized carbons (Fsp3) is 0.381. The summed E-state index contributed by atoms with van der Waals surface area (Å²) in [5.74, 6) is -0.0336. The van der Waals surface area contributed by atoms with Gasteiger partial charge in [0, 0.05) is 25.2 Å². The molecule has 25 heavy (non-hydrogen) atoms. The quantitative estimate of drug-likeness (QED) is 0.909. The molecule has 0 spiro atoms. The van der Waals surface area contributed by atoms with Crippen molar-refractivity contribution in [2.24, 2.45) is 0 Å². The van der Waals surface area contributed by atoms with E-state index < -0.39 is 0 Å². The minimum absolute atomic E-state index is 0.0123. The lowest BCUT2D eigenvalue weighted by Gasteiger charge is -2.26. The van der Waals surface area contributed by atoms with Crippen LogP contribution in [0.3, 0.4) is 0 Å². The van der Waals surface area contributed by atoms with Crippen molar-refractivity contribution in [3.8, 4) is 0 Å². The number of ether oxygens (including phenoxy) is 1. The van der Waals surface area contributed by atoms with Gasteiger partial charge in [0.15, 0.2) is 0 Å². The van der Waals surface area contributed by atoms with Crippen LogP contribution in [0.1, 0.15) is 40.0 Å². The van der Waals surface area contributed by atoms with Crippen LogP contribution in [0.15, 0.2) is 48.5 Å². The molecule has 4 heteroatoms. The molecule has 1 saturated heterocycles. The Hall–Kier alpha value is -2.17. The standard InChI is InChI=1S/C21H26N2O2/c1-16-5-3-4-6-20(16)17(2)22-21(24)19-9-7-18(8-10-19)15-23-11-13-25-14-12-23/h3-10,17H,11-15H2,1-2H3,(H,22,24). The Bertz CT molecular complexity index is 706. The molecule has 1 amide bonds. The number of rotatable bonds is 5. The summed E-state index contributed by atoms with van der Waals surface area (Å²) in [5, 5.41) is 3.09. The van der Waals surface area contributed by atoms with Crippen molar-refractivity contribution >= 4 is 5.91 Å². The fourth-order valence-electron chi connectivity index (χ4n) is 3.21. The molecule has 1 N–H and O–H groups in total. The number of amides is 1. The summed E-state index contributed by atoms with van der Waals surface area (Å²) in [7, 11) is 0. The lowest BCUT2D eigenvalue weighted by atomic mass is 10.0. The first-order chi connectivity index (χ1) is 12.1. The molecule has 4 nitrogen and oxygen atoms in total. The summed E-state index contributed by atoms with van der Waals surface area (Å²) in [6.07, 6.45) is 0. The third-order valence-electron chi connectivity index (χ3n) is 4.73. The second-order valence-corrected chi connectivity index (χ2v) is 6.64. The second kappa shape index (κ2) is 8.28. The van der Waals surface area contributed by atoms with Crippen LogP contribution >= 0.6 is 0 Å². The number of benzene rings is 2. The molecule has 2 aromatic rings. The molecule has 1 fully saturated rings. The van der Waals surface area contributed by atoms with Gasteiger partial charge < -0.3 is 10.1 Å². The Labute approximate surface area is 149 Å². The number of carbonyl (C=O) groups excluding carboxylic acids is 1. The zero-order chi connectivity index (χ0) is 17.6. The van der Waals surface area contributed by atoms with Crippen molar-refractivity contribution in [2.75, 3.05) is 26.3 Å². The fourth-order valence-corrected chi connectivity index (χ4v) is 3.21. The van der Waals surface area contributed by atoms with Crippen LogP contribution in [-0.2, 0) is 11.3 Å². The highest BCUT2D eigenvalue weighted by Crippen LogP contribution is 2.17. The van der Waals surface area contributed by atoms with Crippen LogP contribution in [0.25, 0.3) is 0 Å². The van der Waals surface area contributed by atoms with Crippen LogP contribution in [0.4, 0.5) is 0 Å². The van der Waals surface area contributed by atoms with Gasteiger partial charge in [-0.15, -0.1) is 0 Å². The van der Waals surface area contributed by atoms with E-state index in [2.05, 4.69) is 29.3 Å². The topological polar surface area (TPSA) is 41.6 Å². The number of hydrogen-bond acceptors (Lipinski definition) is 3. The maximum atomic E-state index is 12.5. The highest BCUT2D eigenvalue weighted by atomic mass is 16.5. The zero-order valence-corrected chi connectivity index (χ0v) is 15.0. The first-order valence-corrected chi connectivity index (χ1v) is 8.89. The van der Waals surface area contributed by atoms with Crippen molar-refractivity contribution in [3.63, 3.8) is 0 Å². The highest BCUT2D eigenvalue weighted by molar-refractivity contribution is 5.94. The Morgan fingerprint density at radius 1 is 1.12 bits per heavy atom. The van der Waals surface area contributed by atoms with Crippen molar-refractivity contribution in [2.45, 2.75) is 26.4 Å². The molecule has 1 heterocycles. The summed E-state index contributed by atoms with van der Waals surface area (Å²) < 4.78 is 5.38. The third kappa shape index (κ3) is 4.68. The summed E-state index contributed by atoms with van der Waals surface area (Å²) in [6.45, 7) is 8.54. The average Bonchev–Trinajstić information content (AvgIpc) is 2.63. The monoisotopic (exact) mass is 338 g/mol. The minimum Gasteiger partial charge on any atom is -0.379 e. The first kappa shape index (κ1) is 17.6. The maximum Gasteiger partial charge on any atom is 0.251 e. The molecule has 1 unspecified atom stereocenters. The Balaban J connectivity index is 1.59. The predicted octanol–water partition coefficient (Wildman–Crippen LogP) is 3.32. The van der Waals surface area contributed by atoms with Gasteiger partial charge in [0.25, 0.3) is 5.91 Å². The van der Waals surface area contributed by atoms with E-state index in [-0.39, 0.29) is 11.9 Å². The van der Waals surface area contributed by atoms with E-state index in [0.29, 0.717) is 5.56 Å². The lowest BCUT2D eigenvalue weighted by Crippen LogP contribution is -2.35. The largest absolute Gasteiger partial charge is 0.379 e. The lowest BCUT2D eigenvalue weighted by molar-refractivity contribution is 0.0342. The molecule has 1 aliphatic heterocycles. The van der Waals surface area contributed by atoms with E-state index in [4.69, 9.17) is 4.74 Å². The van der Waals surface area contributed by atoms with E-state index in [0.717, 1.165) is 38.4 Å². The van der Waals surface area contributed by atoms with Gasteiger partial charge in [-0.1, -0.05) is 36.4 Å². The molecule has 0 bridgehead atoms. The van der Waals surface area contributed by atoms with Crippen molar-refractivity contribution in [1.82, 2.24) is 10.2 Å². The van der Waals surface area contributed by atoms with E-state index in [9.17, 15) is 4.79 Å². The Morgan fingerprint density at radius 3 is 2.48 bits per heavy atom. The number of carbonyl (C=O) groups is 1. The molecule has 0 saturated carbocycles. The molecule has 1 atom stereocenters. The highest BCUT2D eigenvalue weighted by Gasteiger charge is 2.14. The molecule has 0 radical (unpaired) electrons. The second-order valence-electron chi connectivity index (χ2n) is 6.64. The van der Waals surface area contributed by atoms with Gasteiger partial charge in [0.05, 0.1) is 19.3 Å².